The molecule has 2 N–H and O–H groups in total. The lowest BCUT2D eigenvalue weighted by atomic mass is 9.92. The second kappa shape index (κ2) is 7.42. The number of aryl methyl sites for hydroxylation is 2. The van der Waals surface area contributed by atoms with E-state index in [0.29, 0.717) is 11.3 Å². The fourth-order valence-corrected chi connectivity index (χ4v) is 3.34. The van der Waals surface area contributed by atoms with Gasteiger partial charge < -0.3 is 10.6 Å². The van der Waals surface area contributed by atoms with Gasteiger partial charge in [-0.1, -0.05) is 37.3 Å². The lowest BCUT2D eigenvalue weighted by Gasteiger charge is -2.22. The van der Waals surface area contributed by atoms with Crippen LogP contribution in [0.4, 0.5) is 14.9 Å². The molecule has 7 heteroatoms. The first-order valence-electron chi connectivity index (χ1n) is 9.04. The van der Waals surface area contributed by atoms with Gasteiger partial charge in [-0.25, -0.2) is 9.18 Å². The van der Waals surface area contributed by atoms with Crippen LogP contribution in [0.3, 0.4) is 0 Å². The monoisotopic (exact) mass is 383 g/mol. The Kier molecular flexibility index (Phi) is 5.18. The number of carbonyl (C=O) groups is 3. The summed E-state index contributed by atoms with van der Waals surface area (Å²) < 4.78 is 13.2. The molecule has 0 aliphatic carbocycles. The van der Waals surface area contributed by atoms with Crippen LogP contribution < -0.4 is 10.6 Å². The Morgan fingerprint density at radius 2 is 1.86 bits per heavy atom. The predicted octanol–water partition coefficient (Wildman–Crippen LogP) is 3.10. The first-order valence-corrected chi connectivity index (χ1v) is 9.04. The molecule has 1 heterocycles. The van der Waals surface area contributed by atoms with Crippen molar-refractivity contribution in [3.63, 3.8) is 0 Å². The molecule has 2 aromatic rings. The van der Waals surface area contributed by atoms with E-state index in [1.54, 1.807) is 0 Å². The minimum Gasteiger partial charge on any atom is -0.324 e. The highest BCUT2D eigenvalue weighted by Crippen LogP contribution is 2.29. The third-order valence-corrected chi connectivity index (χ3v) is 5.00. The van der Waals surface area contributed by atoms with Gasteiger partial charge in [0.25, 0.3) is 5.91 Å². The van der Waals surface area contributed by atoms with Crippen molar-refractivity contribution < 1.29 is 18.8 Å². The van der Waals surface area contributed by atoms with Crippen LogP contribution in [-0.4, -0.2) is 29.3 Å². The summed E-state index contributed by atoms with van der Waals surface area (Å²) in [5.41, 5.74) is 1.68. The third kappa shape index (κ3) is 3.47. The van der Waals surface area contributed by atoms with Gasteiger partial charge in [-0.15, -0.1) is 0 Å². The molecule has 1 aliphatic rings. The summed E-state index contributed by atoms with van der Waals surface area (Å²) in [5.74, 6) is -1.46. The summed E-state index contributed by atoms with van der Waals surface area (Å²) >= 11 is 0. The van der Waals surface area contributed by atoms with E-state index in [-0.39, 0.29) is 0 Å². The number of benzene rings is 2. The number of nitrogens with zero attached hydrogens (tertiary/aromatic N) is 1. The van der Waals surface area contributed by atoms with Gasteiger partial charge in [-0.3, -0.25) is 14.5 Å². The van der Waals surface area contributed by atoms with Crippen LogP contribution in [0.2, 0.25) is 0 Å². The predicted molar refractivity (Wildman–Crippen MR) is 103 cm³/mol. The van der Waals surface area contributed by atoms with E-state index in [1.807, 2.05) is 32.0 Å². The van der Waals surface area contributed by atoms with Crippen molar-refractivity contribution in [2.24, 2.45) is 0 Å². The van der Waals surface area contributed by atoms with Gasteiger partial charge in [0.2, 0.25) is 5.91 Å². The third-order valence-electron chi connectivity index (χ3n) is 5.00. The number of carbonyl (C=O) groups excluding carboxylic acids is 3. The van der Waals surface area contributed by atoms with Gasteiger partial charge in [-0.05, 0) is 49.1 Å². The van der Waals surface area contributed by atoms with E-state index >= 15 is 0 Å². The average Bonchev–Trinajstić information content (AvgIpc) is 2.88. The van der Waals surface area contributed by atoms with Crippen molar-refractivity contribution in [3.05, 3.63) is 65.0 Å². The molecule has 3 rings (SSSR count). The smallest absolute Gasteiger partial charge is 0.324 e. The number of rotatable bonds is 5. The fraction of sp³-hybridized carbons (Fsp3) is 0.286. The molecule has 0 spiro atoms. The molecule has 1 saturated heterocycles. The Morgan fingerprint density at radius 3 is 2.50 bits per heavy atom. The molecule has 0 aromatic heterocycles. The van der Waals surface area contributed by atoms with Crippen LogP contribution in [0.1, 0.15) is 30.5 Å². The van der Waals surface area contributed by atoms with Crippen LogP contribution in [-0.2, 0) is 21.5 Å². The molecule has 1 fully saturated rings. The van der Waals surface area contributed by atoms with Crippen LogP contribution in [0.15, 0.2) is 42.5 Å². The number of amides is 4. The Hall–Kier alpha value is -3.22. The van der Waals surface area contributed by atoms with E-state index < -0.39 is 35.7 Å². The summed E-state index contributed by atoms with van der Waals surface area (Å²) in [7, 11) is 0. The summed E-state index contributed by atoms with van der Waals surface area (Å²) in [6.45, 7) is 5.00. The number of hydrogen-bond donors (Lipinski definition) is 2. The maximum absolute atomic E-state index is 13.2. The summed E-state index contributed by atoms with van der Waals surface area (Å²) in [6, 6.07) is 10.4. The molecular weight excluding hydrogens is 361 g/mol. The van der Waals surface area contributed by atoms with Crippen molar-refractivity contribution in [1.29, 1.82) is 0 Å². The molecule has 0 bridgehead atoms. The summed E-state index contributed by atoms with van der Waals surface area (Å²) in [5, 5.41) is 5.41. The van der Waals surface area contributed by atoms with Gasteiger partial charge >= 0.3 is 6.03 Å². The largest absolute Gasteiger partial charge is 0.325 e. The molecular formula is C21H22FN3O3. The molecule has 4 amide bonds. The maximum Gasteiger partial charge on any atom is 0.325 e. The standard InChI is InChI=1S/C21H22FN3O3/c1-4-14-7-5-6-13(2)18(14)23-17(26)12-25-19(27)21(3,24-20(25)28)15-8-10-16(22)11-9-15/h5-11H,4,12H2,1-3H3,(H,23,26)(H,24,28). The van der Waals surface area contributed by atoms with E-state index in [0.717, 1.165) is 22.4 Å². The van der Waals surface area contributed by atoms with Gasteiger partial charge in [0.15, 0.2) is 0 Å². The van der Waals surface area contributed by atoms with E-state index in [4.69, 9.17) is 0 Å². The van der Waals surface area contributed by atoms with Crippen molar-refractivity contribution in [3.8, 4) is 0 Å². The summed E-state index contributed by atoms with van der Waals surface area (Å²) in [6.07, 6.45) is 0.739. The molecule has 1 atom stereocenters. The second-order valence-corrected chi connectivity index (χ2v) is 6.96. The van der Waals surface area contributed by atoms with Gasteiger partial charge in [0, 0.05) is 5.69 Å². The Bertz CT molecular complexity index is 942. The molecule has 0 radical (unpaired) electrons. The molecule has 1 unspecified atom stereocenters. The second-order valence-electron chi connectivity index (χ2n) is 6.96. The minimum atomic E-state index is -1.34. The molecule has 146 valence electrons. The van der Waals surface area contributed by atoms with Gasteiger partial charge in [0.1, 0.15) is 17.9 Å². The molecule has 28 heavy (non-hydrogen) atoms. The normalized spacial score (nSPS) is 18.9. The number of halogens is 1. The number of hydrogen-bond acceptors (Lipinski definition) is 3. The van der Waals surface area contributed by atoms with E-state index in [2.05, 4.69) is 10.6 Å². The zero-order chi connectivity index (χ0) is 20.5. The number of anilines is 1. The van der Waals surface area contributed by atoms with Crippen molar-refractivity contribution in [1.82, 2.24) is 10.2 Å². The van der Waals surface area contributed by atoms with Crippen molar-refractivity contribution in [2.75, 3.05) is 11.9 Å². The van der Waals surface area contributed by atoms with Crippen molar-refractivity contribution >= 4 is 23.5 Å². The highest BCUT2D eigenvalue weighted by Gasteiger charge is 2.49. The summed E-state index contributed by atoms with van der Waals surface area (Å²) in [4.78, 5) is 38.6. The topological polar surface area (TPSA) is 78.5 Å². The Labute approximate surface area is 162 Å². The van der Waals surface area contributed by atoms with Crippen LogP contribution >= 0.6 is 0 Å². The lowest BCUT2D eigenvalue weighted by Crippen LogP contribution is -2.42. The van der Waals surface area contributed by atoms with Crippen LogP contribution in [0.25, 0.3) is 0 Å². The molecule has 2 aromatic carbocycles. The quantitative estimate of drug-likeness (QED) is 0.779. The molecule has 0 saturated carbocycles. The number of urea groups is 1. The minimum absolute atomic E-state index is 0.404. The highest BCUT2D eigenvalue weighted by atomic mass is 19.1. The van der Waals surface area contributed by atoms with E-state index in [9.17, 15) is 18.8 Å². The number of para-hydroxylation sites is 1. The fourth-order valence-electron chi connectivity index (χ4n) is 3.34. The first-order chi connectivity index (χ1) is 13.3. The Morgan fingerprint density at radius 1 is 1.18 bits per heavy atom. The maximum atomic E-state index is 13.2. The number of imide groups is 1. The molecule has 6 nitrogen and oxygen atoms in total. The zero-order valence-corrected chi connectivity index (χ0v) is 16.0. The van der Waals surface area contributed by atoms with Gasteiger partial charge in [0.05, 0.1) is 0 Å². The van der Waals surface area contributed by atoms with Gasteiger partial charge in [-0.2, -0.15) is 0 Å². The number of nitrogens with one attached hydrogen (secondary N) is 2. The van der Waals surface area contributed by atoms with Crippen LogP contribution in [0, 0.1) is 12.7 Å². The zero-order valence-electron chi connectivity index (χ0n) is 16.0. The highest BCUT2D eigenvalue weighted by molar-refractivity contribution is 6.10. The Balaban J connectivity index is 1.78. The molecule has 1 aliphatic heterocycles. The van der Waals surface area contributed by atoms with Crippen molar-refractivity contribution in [2.45, 2.75) is 32.7 Å². The van der Waals surface area contributed by atoms with Crippen LogP contribution in [0.5, 0.6) is 0 Å². The SMILES string of the molecule is CCc1cccc(C)c1NC(=O)CN1C(=O)NC(C)(c2ccc(F)cc2)C1=O. The first kappa shape index (κ1) is 19.5. The lowest BCUT2D eigenvalue weighted by molar-refractivity contribution is -0.133. The average molecular weight is 383 g/mol. The van der Waals surface area contributed by atoms with E-state index in [1.165, 1.54) is 31.2 Å².